The molecule has 1 aliphatic rings. The number of fused-ring (bicyclic) bond motifs is 1. The molecular weight excluding hydrogens is 232 g/mol. The number of benzene rings is 1. The van der Waals surface area contributed by atoms with Crippen molar-refractivity contribution in [3.63, 3.8) is 0 Å². The van der Waals surface area contributed by atoms with Crippen LogP contribution in [0, 0.1) is 0 Å². The van der Waals surface area contributed by atoms with Gasteiger partial charge >= 0.3 is 0 Å². The lowest BCUT2D eigenvalue weighted by Crippen LogP contribution is -2.21. The number of hydrogen-bond acceptors (Lipinski definition) is 4. The van der Waals surface area contributed by atoms with Crippen molar-refractivity contribution in [2.75, 3.05) is 23.8 Å². The molecule has 1 aliphatic heterocycles. The van der Waals surface area contributed by atoms with Gasteiger partial charge in [0, 0.05) is 19.3 Å². The lowest BCUT2D eigenvalue weighted by Gasteiger charge is -2.20. The van der Waals surface area contributed by atoms with Crippen molar-refractivity contribution in [1.82, 2.24) is 0 Å². The number of aliphatic hydroxyl groups is 1. The molecule has 1 aromatic carbocycles. The molecule has 1 amide bonds. The van der Waals surface area contributed by atoms with Gasteiger partial charge in [0.05, 0.1) is 17.4 Å². The fraction of sp³-hybridized carbons (Fsp3) is 0.385. The number of ketones is 1. The predicted octanol–water partition coefficient (Wildman–Crippen LogP) is 1.03. The number of hydrogen-bond donors (Lipinski definition) is 2. The zero-order chi connectivity index (χ0) is 13.3. The molecule has 0 saturated heterocycles. The van der Waals surface area contributed by atoms with Crippen LogP contribution in [0.2, 0.25) is 0 Å². The number of rotatable bonds is 4. The van der Waals surface area contributed by atoms with E-state index in [1.54, 1.807) is 25.1 Å². The highest BCUT2D eigenvalue weighted by Crippen LogP contribution is 2.27. The van der Waals surface area contributed by atoms with Crippen molar-refractivity contribution in [3.8, 4) is 0 Å². The summed E-state index contributed by atoms with van der Waals surface area (Å²) in [6, 6.07) is 5.24. The van der Waals surface area contributed by atoms with Crippen molar-refractivity contribution in [3.05, 3.63) is 23.8 Å². The van der Waals surface area contributed by atoms with Crippen LogP contribution in [0.5, 0.6) is 0 Å². The van der Waals surface area contributed by atoms with Gasteiger partial charge in [0.2, 0.25) is 0 Å². The van der Waals surface area contributed by atoms with E-state index in [0.717, 1.165) is 5.69 Å². The monoisotopic (exact) mass is 248 g/mol. The summed E-state index contributed by atoms with van der Waals surface area (Å²) < 4.78 is 0. The molecule has 2 rings (SSSR count). The Morgan fingerprint density at radius 1 is 1.39 bits per heavy atom. The van der Waals surface area contributed by atoms with Gasteiger partial charge in [-0.15, -0.1) is 0 Å². The topological polar surface area (TPSA) is 69.6 Å². The van der Waals surface area contributed by atoms with E-state index < -0.39 is 11.7 Å². The zero-order valence-electron chi connectivity index (χ0n) is 10.4. The third-order valence-electron chi connectivity index (χ3n) is 3.03. The third-order valence-corrected chi connectivity index (χ3v) is 3.03. The summed E-state index contributed by atoms with van der Waals surface area (Å²) in [4.78, 5) is 24.6. The molecule has 0 saturated carbocycles. The standard InChI is InChI=1S/C13H16N2O3/c1-8(16)5-6-15(2)9-3-4-10-11(7-9)14-13(18)12(10)17/h3-4,7-8,16H,5-6H2,1-2H3,(H,14,17,18). The molecule has 0 radical (unpaired) electrons. The van der Waals surface area contributed by atoms with Gasteiger partial charge in [0.25, 0.3) is 11.7 Å². The van der Waals surface area contributed by atoms with Gasteiger partial charge in [-0.2, -0.15) is 0 Å². The third kappa shape index (κ3) is 2.36. The van der Waals surface area contributed by atoms with Crippen molar-refractivity contribution in [1.29, 1.82) is 0 Å². The molecule has 1 unspecified atom stereocenters. The Labute approximate surface area is 105 Å². The maximum atomic E-state index is 11.4. The smallest absolute Gasteiger partial charge is 0.296 e. The highest BCUT2D eigenvalue weighted by atomic mass is 16.3. The van der Waals surface area contributed by atoms with Gasteiger partial charge in [-0.3, -0.25) is 9.59 Å². The minimum atomic E-state index is -0.575. The van der Waals surface area contributed by atoms with Crippen LogP contribution in [0.1, 0.15) is 23.7 Å². The second-order valence-corrected chi connectivity index (χ2v) is 4.57. The van der Waals surface area contributed by atoms with Crippen LogP contribution in [0.3, 0.4) is 0 Å². The lowest BCUT2D eigenvalue weighted by molar-refractivity contribution is -0.112. The minimum absolute atomic E-state index is 0.344. The van der Waals surface area contributed by atoms with Gasteiger partial charge in [0.15, 0.2) is 0 Å². The highest BCUT2D eigenvalue weighted by Gasteiger charge is 2.28. The normalized spacial score (nSPS) is 15.3. The maximum Gasteiger partial charge on any atom is 0.296 e. The molecule has 2 N–H and O–H groups in total. The van der Waals surface area contributed by atoms with Crippen LogP contribution in [0.15, 0.2) is 18.2 Å². The van der Waals surface area contributed by atoms with Gasteiger partial charge in [0.1, 0.15) is 0 Å². The average molecular weight is 248 g/mol. The molecular formula is C13H16N2O3. The van der Waals surface area contributed by atoms with Crippen LogP contribution < -0.4 is 10.2 Å². The molecule has 0 spiro atoms. The number of anilines is 2. The second kappa shape index (κ2) is 4.78. The van der Waals surface area contributed by atoms with Gasteiger partial charge in [-0.05, 0) is 31.5 Å². The lowest BCUT2D eigenvalue weighted by atomic mass is 10.1. The van der Waals surface area contributed by atoms with Gasteiger partial charge in [-0.25, -0.2) is 0 Å². The first kappa shape index (κ1) is 12.6. The van der Waals surface area contributed by atoms with Crippen LogP contribution in [0.25, 0.3) is 0 Å². The highest BCUT2D eigenvalue weighted by molar-refractivity contribution is 6.51. The van der Waals surface area contributed by atoms with E-state index in [-0.39, 0.29) is 6.10 Å². The number of aliphatic hydroxyl groups excluding tert-OH is 1. The largest absolute Gasteiger partial charge is 0.393 e. The average Bonchev–Trinajstić information content (AvgIpc) is 2.61. The predicted molar refractivity (Wildman–Crippen MR) is 69.0 cm³/mol. The Morgan fingerprint density at radius 3 is 2.78 bits per heavy atom. The Kier molecular flexibility index (Phi) is 3.34. The number of carbonyl (C=O) groups excluding carboxylic acids is 2. The molecule has 1 atom stereocenters. The van der Waals surface area contributed by atoms with Crippen molar-refractivity contribution in [2.24, 2.45) is 0 Å². The summed E-state index contributed by atoms with van der Waals surface area (Å²) in [7, 11) is 1.91. The van der Waals surface area contributed by atoms with Crippen LogP contribution in [0.4, 0.5) is 11.4 Å². The fourth-order valence-corrected chi connectivity index (χ4v) is 1.88. The van der Waals surface area contributed by atoms with E-state index in [4.69, 9.17) is 0 Å². The molecule has 1 heterocycles. The van der Waals surface area contributed by atoms with Crippen LogP contribution >= 0.6 is 0 Å². The molecule has 5 heteroatoms. The molecule has 18 heavy (non-hydrogen) atoms. The van der Waals surface area contributed by atoms with Crippen molar-refractivity contribution >= 4 is 23.1 Å². The van der Waals surface area contributed by atoms with Crippen LogP contribution in [-0.4, -0.2) is 36.5 Å². The number of nitrogens with one attached hydrogen (secondary N) is 1. The van der Waals surface area contributed by atoms with E-state index in [1.165, 1.54) is 0 Å². The van der Waals surface area contributed by atoms with E-state index in [9.17, 15) is 14.7 Å². The summed E-state index contributed by atoms with van der Waals surface area (Å²) in [6.07, 6.45) is 0.321. The van der Waals surface area contributed by atoms with Crippen molar-refractivity contribution < 1.29 is 14.7 Å². The van der Waals surface area contributed by atoms with Gasteiger partial charge < -0.3 is 15.3 Å². The molecule has 0 aliphatic carbocycles. The number of nitrogens with zero attached hydrogens (tertiary/aromatic N) is 1. The maximum absolute atomic E-state index is 11.4. The van der Waals surface area contributed by atoms with E-state index in [1.807, 2.05) is 11.9 Å². The zero-order valence-corrected chi connectivity index (χ0v) is 10.4. The molecule has 1 aromatic rings. The molecule has 5 nitrogen and oxygen atoms in total. The molecule has 0 fully saturated rings. The molecule has 96 valence electrons. The fourth-order valence-electron chi connectivity index (χ4n) is 1.88. The summed E-state index contributed by atoms with van der Waals surface area (Å²) in [5.41, 5.74) is 1.89. The summed E-state index contributed by atoms with van der Waals surface area (Å²) >= 11 is 0. The summed E-state index contributed by atoms with van der Waals surface area (Å²) in [5, 5.41) is 11.8. The van der Waals surface area contributed by atoms with E-state index in [0.29, 0.717) is 24.2 Å². The van der Waals surface area contributed by atoms with Crippen molar-refractivity contribution in [2.45, 2.75) is 19.4 Å². The quantitative estimate of drug-likeness (QED) is 0.781. The second-order valence-electron chi connectivity index (χ2n) is 4.57. The Bertz CT molecular complexity index is 497. The van der Waals surface area contributed by atoms with Crippen LogP contribution in [-0.2, 0) is 4.79 Å². The number of Topliss-reactive ketones (excluding diaryl/α,β-unsaturated/α-hetero) is 1. The summed E-state index contributed by atoms with van der Waals surface area (Å²) in [5.74, 6) is -1.06. The Balaban J connectivity index is 2.15. The minimum Gasteiger partial charge on any atom is -0.393 e. The molecule has 0 aromatic heterocycles. The van der Waals surface area contributed by atoms with Gasteiger partial charge in [-0.1, -0.05) is 0 Å². The first-order chi connectivity index (χ1) is 8.49. The molecule has 0 bridgehead atoms. The summed E-state index contributed by atoms with van der Waals surface area (Å²) in [6.45, 7) is 2.45. The Hall–Kier alpha value is -1.88. The number of carbonyl (C=O) groups is 2. The first-order valence-corrected chi connectivity index (χ1v) is 5.88. The Morgan fingerprint density at radius 2 is 2.11 bits per heavy atom. The number of amides is 1. The van der Waals surface area contributed by atoms with E-state index in [2.05, 4.69) is 5.32 Å². The SMILES string of the molecule is CC(O)CCN(C)c1ccc2c(c1)NC(=O)C2=O. The van der Waals surface area contributed by atoms with E-state index >= 15 is 0 Å². The first-order valence-electron chi connectivity index (χ1n) is 5.88.